The van der Waals surface area contributed by atoms with Crippen LogP contribution in [0, 0.1) is 0 Å². The first-order valence-electron chi connectivity index (χ1n) is 5.96. The van der Waals surface area contributed by atoms with E-state index in [0.717, 1.165) is 0 Å². The Hall–Kier alpha value is -1.67. The highest BCUT2D eigenvalue weighted by molar-refractivity contribution is 5.88. The molecular formula is C11H22N4O4. The molecule has 0 saturated carbocycles. The molecule has 0 spiro atoms. The van der Waals surface area contributed by atoms with Gasteiger partial charge < -0.3 is 26.8 Å². The minimum Gasteiger partial charge on any atom is -0.396 e. The van der Waals surface area contributed by atoms with Crippen molar-refractivity contribution < 1.29 is 19.5 Å². The van der Waals surface area contributed by atoms with Crippen molar-refractivity contribution in [1.82, 2.24) is 16.0 Å². The third kappa shape index (κ3) is 8.97. The van der Waals surface area contributed by atoms with Gasteiger partial charge in [-0.25, -0.2) is 0 Å². The van der Waals surface area contributed by atoms with Gasteiger partial charge in [-0.3, -0.25) is 14.4 Å². The van der Waals surface area contributed by atoms with Gasteiger partial charge in [0, 0.05) is 12.1 Å². The van der Waals surface area contributed by atoms with Gasteiger partial charge in [-0.05, 0) is 20.3 Å². The molecule has 0 unspecified atom stereocenters. The molecule has 0 saturated heterocycles. The standard InChI is InChI=1S/C11H22N4O4/c1-11(2,3-4-16)15-10(19)7-14-9(18)6-13-8(17)5-12/h16H,3-7,12H2,1-2H3,(H,13,17)(H,14,18)(H,15,19). The largest absolute Gasteiger partial charge is 0.396 e. The van der Waals surface area contributed by atoms with Gasteiger partial charge in [0.15, 0.2) is 0 Å². The normalized spacial score (nSPS) is 10.7. The van der Waals surface area contributed by atoms with Crippen LogP contribution in [0.2, 0.25) is 0 Å². The summed E-state index contributed by atoms with van der Waals surface area (Å²) in [6.07, 6.45) is 0.416. The molecule has 3 amide bonds. The van der Waals surface area contributed by atoms with Crippen LogP contribution in [0.15, 0.2) is 0 Å². The number of hydrogen-bond acceptors (Lipinski definition) is 5. The Kier molecular flexibility index (Phi) is 7.69. The van der Waals surface area contributed by atoms with Gasteiger partial charge in [0.05, 0.1) is 19.6 Å². The first-order valence-corrected chi connectivity index (χ1v) is 5.96. The van der Waals surface area contributed by atoms with Crippen LogP contribution in [0.4, 0.5) is 0 Å². The molecule has 0 heterocycles. The number of rotatable bonds is 8. The maximum Gasteiger partial charge on any atom is 0.239 e. The summed E-state index contributed by atoms with van der Waals surface area (Å²) in [6, 6.07) is 0. The van der Waals surface area contributed by atoms with Crippen LogP contribution in [-0.2, 0) is 14.4 Å². The molecular weight excluding hydrogens is 252 g/mol. The van der Waals surface area contributed by atoms with Gasteiger partial charge in [0.2, 0.25) is 17.7 Å². The van der Waals surface area contributed by atoms with Gasteiger partial charge in [-0.1, -0.05) is 0 Å². The van der Waals surface area contributed by atoms with Crippen LogP contribution in [0.1, 0.15) is 20.3 Å². The average Bonchev–Trinajstić information content (AvgIpc) is 2.32. The lowest BCUT2D eigenvalue weighted by atomic mass is 10.0. The quantitative estimate of drug-likeness (QED) is 0.332. The van der Waals surface area contributed by atoms with Gasteiger partial charge in [-0.15, -0.1) is 0 Å². The summed E-state index contributed by atoms with van der Waals surface area (Å²) in [4.78, 5) is 33.6. The number of hydrogen-bond donors (Lipinski definition) is 5. The predicted octanol–water partition coefficient (Wildman–Crippen LogP) is -2.55. The van der Waals surface area contributed by atoms with E-state index < -0.39 is 17.4 Å². The van der Waals surface area contributed by atoms with Crippen molar-refractivity contribution in [3.8, 4) is 0 Å². The fourth-order valence-electron chi connectivity index (χ4n) is 1.26. The number of nitrogens with one attached hydrogen (secondary N) is 3. The Bertz CT molecular complexity index is 331. The molecule has 0 bridgehead atoms. The lowest BCUT2D eigenvalue weighted by Crippen LogP contribution is -2.49. The minimum absolute atomic E-state index is 0.0369. The lowest BCUT2D eigenvalue weighted by molar-refractivity contribution is -0.127. The molecule has 110 valence electrons. The number of amides is 3. The zero-order valence-electron chi connectivity index (χ0n) is 11.3. The van der Waals surface area contributed by atoms with E-state index >= 15 is 0 Å². The van der Waals surface area contributed by atoms with E-state index in [4.69, 9.17) is 10.8 Å². The Labute approximate surface area is 112 Å². The van der Waals surface area contributed by atoms with E-state index in [1.165, 1.54) is 0 Å². The zero-order chi connectivity index (χ0) is 14.9. The first-order chi connectivity index (χ1) is 8.80. The molecule has 0 radical (unpaired) electrons. The topological polar surface area (TPSA) is 134 Å². The van der Waals surface area contributed by atoms with Gasteiger partial charge in [0.1, 0.15) is 0 Å². The van der Waals surface area contributed by atoms with Crippen LogP contribution in [0.3, 0.4) is 0 Å². The molecule has 0 aromatic carbocycles. The summed E-state index contributed by atoms with van der Waals surface area (Å²) in [5.74, 6) is -1.28. The summed E-state index contributed by atoms with van der Waals surface area (Å²) in [5, 5.41) is 16.1. The first kappa shape index (κ1) is 17.3. The number of nitrogens with two attached hydrogens (primary N) is 1. The maximum atomic E-state index is 11.5. The zero-order valence-corrected chi connectivity index (χ0v) is 11.3. The van der Waals surface area contributed by atoms with Gasteiger partial charge in [0.25, 0.3) is 0 Å². The van der Waals surface area contributed by atoms with Crippen LogP contribution in [0.5, 0.6) is 0 Å². The van der Waals surface area contributed by atoms with Crippen molar-refractivity contribution in [3.05, 3.63) is 0 Å². The van der Waals surface area contributed by atoms with Crippen LogP contribution in [-0.4, -0.2) is 54.6 Å². The van der Waals surface area contributed by atoms with E-state index in [-0.39, 0.29) is 32.1 Å². The summed E-state index contributed by atoms with van der Waals surface area (Å²) >= 11 is 0. The summed E-state index contributed by atoms with van der Waals surface area (Å²) in [6.45, 7) is 2.90. The van der Waals surface area contributed by atoms with E-state index in [1.54, 1.807) is 13.8 Å². The number of carbonyl (C=O) groups is 3. The van der Waals surface area contributed by atoms with Gasteiger partial charge >= 0.3 is 0 Å². The summed E-state index contributed by atoms with van der Waals surface area (Å²) in [7, 11) is 0. The smallest absolute Gasteiger partial charge is 0.239 e. The molecule has 0 aliphatic carbocycles. The van der Waals surface area contributed by atoms with E-state index in [1.807, 2.05) is 0 Å². The van der Waals surface area contributed by atoms with E-state index in [0.29, 0.717) is 6.42 Å². The van der Waals surface area contributed by atoms with E-state index in [9.17, 15) is 14.4 Å². The van der Waals surface area contributed by atoms with Crippen molar-refractivity contribution in [1.29, 1.82) is 0 Å². The molecule has 0 fully saturated rings. The molecule has 0 aromatic heterocycles. The molecule has 0 aromatic rings. The second-order valence-electron chi connectivity index (χ2n) is 4.66. The Balaban J connectivity index is 3.90. The highest BCUT2D eigenvalue weighted by Gasteiger charge is 2.19. The molecule has 6 N–H and O–H groups in total. The highest BCUT2D eigenvalue weighted by Crippen LogP contribution is 2.06. The second kappa shape index (κ2) is 8.44. The fraction of sp³-hybridized carbons (Fsp3) is 0.727. The van der Waals surface area contributed by atoms with Gasteiger partial charge in [-0.2, -0.15) is 0 Å². The minimum atomic E-state index is -0.537. The fourth-order valence-corrected chi connectivity index (χ4v) is 1.26. The highest BCUT2D eigenvalue weighted by atomic mass is 16.3. The van der Waals surface area contributed by atoms with Crippen molar-refractivity contribution in [3.63, 3.8) is 0 Å². The lowest BCUT2D eigenvalue weighted by Gasteiger charge is -2.25. The third-order valence-corrected chi connectivity index (χ3v) is 2.29. The maximum absolute atomic E-state index is 11.5. The summed E-state index contributed by atoms with van der Waals surface area (Å²) < 4.78 is 0. The molecule has 8 heteroatoms. The SMILES string of the molecule is CC(C)(CCO)NC(=O)CNC(=O)CNC(=O)CN. The Morgan fingerprint density at radius 3 is 2.11 bits per heavy atom. The molecule has 8 nitrogen and oxygen atoms in total. The molecule has 19 heavy (non-hydrogen) atoms. The van der Waals surface area contributed by atoms with E-state index in [2.05, 4.69) is 16.0 Å². The monoisotopic (exact) mass is 274 g/mol. The molecule has 0 aliphatic rings. The number of carbonyl (C=O) groups excluding carboxylic acids is 3. The third-order valence-electron chi connectivity index (χ3n) is 2.29. The second-order valence-corrected chi connectivity index (χ2v) is 4.66. The van der Waals surface area contributed by atoms with Crippen molar-refractivity contribution in [2.24, 2.45) is 5.73 Å². The van der Waals surface area contributed by atoms with Crippen molar-refractivity contribution in [2.75, 3.05) is 26.2 Å². The number of aliphatic hydroxyl groups is 1. The van der Waals surface area contributed by atoms with Crippen LogP contribution >= 0.6 is 0 Å². The Morgan fingerprint density at radius 2 is 1.58 bits per heavy atom. The van der Waals surface area contributed by atoms with Crippen LogP contribution < -0.4 is 21.7 Å². The number of aliphatic hydroxyl groups excluding tert-OH is 1. The molecule has 0 rings (SSSR count). The molecule has 0 aliphatic heterocycles. The summed E-state index contributed by atoms with van der Waals surface area (Å²) in [5.41, 5.74) is 4.51. The molecule has 0 atom stereocenters. The van der Waals surface area contributed by atoms with Crippen LogP contribution in [0.25, 0.3) is 0 Å². The average molecular weight is 274 g/mol. The van der Waals surface area contributed by atoms with Crippen molar-refractivity contribution in [2.45, 2.75) is 25.8 Å². The van der Waals surface area contributed by atoms with Crippen molar-refractivity contribution >= 4 is 17.7 Å². The predicted molar refractivity (Wildman–Crippen MR) is 69.0 cm³/mol. The Morgan fingerprint density at radius 1 is 1.05 bits per heavy atom.